The fourth-order valence-electron chi connectivity index (χ4n) is 1.15. The Morgan fingerprint density at radius 1 is 1.20 bits per heavy atom. The molecule has 0 saturated heterocycles. The summed E-state index contributed by atoms with van der Waals surface area (Å²) in [6, 6.07) is 0. The zero-order valence-electron chi connectivity index (χ0n) is 8.28. The Labute approximate surface area is 87.3 Å². The number of hydrogen-bond acceptors (Lipinski definition) is 5. The Morgan fingerprint density at radius 2 is 1.87 bits per heavy atom. The van der Waals surface area contributed by atoms with Gasteiger partial charge in [0.15, 0.2) is 0 Å². The predicted molar refractivity (Wildman–Crippen MR) is 51.9 cm³/mol. The molecule has 0 unspecified atom stereocenters. The van der Waals surface area contributed by atoms with Crippen LogP contribution < -0.4 is 0 Å². The average molecular weight is 214 g/mol. The third kappa shape index (κ3) is 3.47. The Hall–Kier alpha value is -1.17. The molecule has 5 nitrogen and oxygen atoms in total. The molecule has 0 aromatic heterocycles. The molecule has 0 spiro atoms. The quantitative estimate of drug-likeness (QED) is 0.360. The molecule has 1 aliphatic rings. The summed E-state index contributed by atoms with van der Waals surface area (Å²) in [5, 5.41) is 28.1. The number of ether oxygens (including phenoxy) is 1. The molecule has 5 heteroatoms. The molecule has 0 radical (unpaired) electrons. The first-order valence-electron chi connectivity index (χ1n) is 4.62. The first kappa shape index (κ1) is 11.9. The maximum absolute atomic E-state index is 11.1. The van der Waals surface area contributed by atoms with Gasteiger partial charge in [-0.1, -0.05) is 12.2 Å². The van der Waals surface area contributed by atoms with Crippen LogP contribution >= 0.6 is 0 Å². The molecule has 1 heterocycles. The topological polar surface area (TPSA) is 87.0 Å². The number of aliphatic hydroxyl groups excluding tert-OH is 3. The Balaban J connectivity index is 2.84. The molecular weight excluding hydrogens is 200 g/mol. The van der Waals surface area contributed by atoms with Crippen LogP contribution in [-0.4, -0.2) is 45.7 Å². The minimum Gasteiger partial charge on any atom is -0.457 e. The van der Waals surface area contributed by atoms with Crippen LogP contribution in [0.25, 0.3) is 0 Å². The summed E-state index contributed by atoms with van der Waals surface area (Å²) in [4.78, 5) is 11.1. The van der Waals surface area contributed by atoms with E-state index >= 15 is 0 Å². The fourth-order valence-corrected chi connectivity index (χ4v) is 1.15. The van der Waals surface area contributed by atoms with Crippen molar-refractivity contribution in [2.24, 2.45) is 0 Å². The molecular formula is C10H14O5. The summed E-state index contributed by atoms with van der Waals surface area (Å²) < 4.78 is 4.78. The normalized spacial score (nSPS) is 37.5. The number of cyclic esters (lactones) is 1. The van der Waals surface area contributed by atoms with E-state index in [4.69, 9.17) is 4.74 Å². The highest BCUT2D eigenvalue weighted by Crippen LogP contribution is 2.08. The van der Waals surface area contributed by atoms with Gasteiger partial charge in [-0.2, -0.15) is 0 Å². The van der Waals surface area contributed by atoms with Crippen molar-refractivity contribution < 1.29 is 24.9 Å². The van der Waals surface area contributed by atoms with Crippen molar-refractivity contribution in [3.05, 3.63) is 24.3 Å². The molecule has 1 aliphatic heterocycles. The van der Waals surface area contributed by atoms with Crippen molar-refractivity contribution in [1.29, 1.82) is 0 Å². The molecule has 15 heavy (non-hydrogen) atoms. The lowest BCUT2D eigenvalue weighted by atomic mass is 10.1. The Bertz CT molecular complexity index is 284. The smallest absolute Gasteiger partial charge is 0.330 e. The second kappa shape index (κ2) is 5.06. The van der Waals surface area contributed by atoms with Gasteiger partial charge < -0.3 is 20.1 Å². The largest absolute Gasteiger partial charge is 0.457 e. The minimum atomic E-state index is -1.20. The lowest BCUT2D eigenvalue weighted by Gasteiger charge is -2.22. The van der Waals surface area contributed by atoms with Gasteiger partial charge in [0.1, 0.15) is 18.3 Å². The molecule has 0 fully saturated rings. The van der Waals surface area contributed by atoms with E-state index in [-0.39, 0.29) is 0 Å². The summed E-state index contributed by atoms with van der Waals surface area (Å²) in [5.41, 5.74) is 0. The SMILES string of the molecule is C[C@H]1OC(=O)C=C[C@H](O)C=C[C@H](O)[C@H]1O. The van der Waals surface area contributed by atoms with Crippen LogP contribution in [0.5, 0.6) is 0 Å². The molecule has 0 aliphatic carbocycles. The van der Waals surface area contributed by atoms with Crippen LogP contribution in [0.15, 0.2) is 24.3 Å². The van der Waals surface area contributed by atoms with Crippen molar-refractivity contribution in [3.8, 4) is 0 Å². The van der Waals surface area contributed by atoms with Gasteiger partial charge in [0.25, 0.3) is 0 Å². The van der Waals surface area contributed by atoms with Crippen molar-refractivity contribution in [1.82, 2.24) is 0 Å². The first-order chi connectivity index (χ1) is 7.00. The number of carbonyl (C=O) groups is 1. The van der Waals surface area contributed by atoms with E-state index in [1.54, 1.807) is 0 Å². The number of carbonyl (C=O) groups excluding carboxylic acids is 1. The van der Waals surface area contributed by atoms with E-state index in [1.807, 2.05) is 0 Å². The highest BCUT2D eigenvalue weighted by molar-refractivity contribution is 5.82. The van der Waals surface area contributed by atoms with Crippen molar-refractivity contribution in [2.75, 3.05) is 0 Å². The molecule has 1 rings (SSSR count). The van der Waals surface area contributed by atoms with Crippen LogP contribution in [0.4, 0.5) is 0 Å². The lowest BCUT2D eigenvalue weighted by Crippen LogP contribution is -2.37. The van der Waals surface area contributed by atoms with Gasteiger partial charge >= 0.3 is 5.97 Å². The lowest BCUT2D eigenvalue weighted by molar-refractivity contribution is -0.150. The minimum absolute atomic E-state index is 0.664. The van der Waals surface area contributed by atoms with E-state index in [9.17, 15) is 20.1 Å². The van der Waals surface area contributed by atoms with E-state index in [1.165, 1.54) is 25.2 Å². The third-order valence-electron chi connectivity index (χ3n) is 2.07. The van der Waals surface area contributed by atoms with Gasteiger partial charge in [-0.25, -0.2) is 4.79 Å². The molecule has 0 saturated carbocycles. The standard InChI is InChI=1S/C10H14O5/c1-6-10(14)8(12)4-2-7(11)3-5-9(13)15-6/h2-8,10-12,14H,1H3/t6-,7-,8+,10+/m1/s1. The summed E-state index contributed by atoms with van der Waals surface area (Å²) in [7, 11) is 0. The molecule has 3 N–H and O–H groups in total. The van der Waals surface area contributed by atoms with Gasteiger partial charge in [-0.3, -0.25) is 0 Å². The summed E-state index contributed by atoms with van der Waals surface area (Å²) >= 11 is 0. The Morgan fingerprint density at radius 3 is 2.53 bits per heavy atom. The zero-order valence-corrected chi connectivity index (χ0v) is 8.28. The highest BCUT2D eigenvalue weighted by Gasteiger charge is 2.24. The summed E-state index contributed by atoms with van der Waals surface area (Å²) in [5.74, 6) is -0.664. The van der Waals surface area contributed by atoms with E-state index < -0.39 is 30.4 Å². The average Bonchev–Trinajstić information content (AvgIpc) is 2.20. The summed E-state index contributed by atoms with van der Waals surface area (Å²) in [6.45, 7) is 1.48. The van der Waals surface area contributed by atoms with Crippen LogP contribution in [0.2, 0.25) is 0 Å². The molecule has 0 bridgehead atoms. The van der Waals surface area contributed by atoms with Crippen LogP contribution in [0.1, 0.15) is 6.92 Å². The van der Waals surface area contributed by atoms with Gasteiger partial charge in [0.05, 0.1) is 6.10 Å². The maximum atomic E-state index is 11.1. The van der Waals surface area contributed by atoms with Crippen molar-refractivity contribution >= 4 is 5.97 Å². The van der Waals surface area contributed by atoms with Gasteiger partial charge in [-0.15, -0.1) is 0 Å². The van der Waals surface area contributed by atoms with Gasteiger partial charge in [-0.05, 0) is 13.0 Å². The van der Waals surface area contributed by atoms with Crippen molar-refractivity contribution in [3.63, 3.8) is 0 Å². The second-order valence-electron chi connectivity index (χ2n) is 3.36. The van der Waals surface area contributed by atoms with Gasteiger partial charge in [0, 0.05) is 6.08 Å². The molecule has 84 valence electrons. The van der Waals surface area contributed by atoms with Gasteiger partial charge in [0.2, 0.25) is 0 Å². The fraction of sp³-hybridized carbons (Fsp3) is 0.500. The molecule has 0 aromatic carbocycles. The third-order valence-corrected chi connectivity index (χ3v) is 2.07. The first-order valence-corrected chi connectivity index (χ1v) is 4.62. The monoisotopic (exact) mass is 214 g/mol. The highest BCUT2D eigenvalue weighted by atomic mass is 16.6. The van der Waals surface area contributed by atoms with E-state index in [0.717, 1.165) is 6.08 Å². The van der Waals surface area contributed by atoms with Crippen molar-refractivity contribution in [2.45, 2.75) is 31.3 Å². The van der Waals surface area contributed by atoms with E-state index in [2.05, 4.69) is 0 Å². The predicted octanol–water partition coefficient (Wildman–Crippen LogP) is -0.873. The number of aliphatic hydroxyl groups is 3. The van der Waals surface area contributed by atoms with Crippen LogP contribution in [-0.2, 0) is 9.53 Å². The Kier molecular flexibility index (Phi) is 4.02. The number of rotatable bonds is 0. The second-order valence-corrected chi connectivity index (χ2v) is 3.36. The molecule has 4 atom stereocenters. The van der Waals surface area contributed by atoms with E-state index in [0.29, 0.717) is 0 Å². The summed E-state index contributed by atoms with van der Waals surface area (Å²) in [6.07, 6.45) is 0.694. The van der Waals surface area contributed by atoms with Crippen LogP contribution in [0, 0.1) is 0 Å². The number of hydrogen-bond donors (Lipinski definition) is 3. The molecule has 0 amide bonds. The maximum Gasteiger partial charge on any atom is 0.330 e. The van der Waals surface area contributed by atoms with Crippen LogP contribution in [0.3, 0.4) is 0 Å². The zero-order chi connectivity index (χ0) is 11.4. The number of esters is 1. The molecule has 0 aromatic rings.